The van der Waals surface area contributed by atoms with Crippen molar-refractivity contribution in [3.63, 3.8) is 0 Å². The lowest BCUT2D eigenvalue weighted by molar-refractivity contribution is 0.0573. The Morgan fingerprint density at radius 2 is 1.68 bits per heavy atom. The van der Waals surface area contributed by atoms with Gasteiger partial charge in [-0.1, -0.05) is 35.9 Å². The molecule has 4 aromatic rings. The molecule has 0 unspecified atom stereocenters. The molecule has 1 amide bonds. The minimum atomic E-state index is -0.0102. The molecule has 0 saturated heterocycles. The predicted molar refractivity (Wildman–Crippen MR) is 167 cm³/mol. The minimum Gasteiger partial charge on any atom is -0.496 e. The van der Waals surface area contributed by atoms with Crippen LogP contribution in [0.3, 0.4) is 0 Å². The molecular weight excluding hydrogens is 540 g/mol. The summed E-state index contributed by atoms with van der Waals surface area (Å²) in [4.78, 5) is 25.8. The van der Waals surface area contributed by atoms with Gasteiger partial charge in [0.05, 0.1) is 12.1 Å². The number of fused-ring (bicyclic) bond motifs is 1. The van der Waals surface area contributed by atoms with Crippen molar-refractivity contribution in [3.8, 4) is 16.9 Å². The van der Waals surface area contributed by atoms with Crippen LogP contribution < -0.4 is 9.64 Å². The third kappa shape index (κ3) is 5.82. The molecular formula is C32H37ClN4O2S. The molecule has 2 aromatic carbocycles. The Labute approximate surface area is 246 Å². The average molecular weight is 577 g/mol. The van der Waals surface area contributed by atoms with Crippen molar-refractivity contribution in [1.29, 1.82) is 0 Å². The number of methoxy groups -OCH3 is 1. The second-order valence-corrected chi connectivity index (χ2v) is 12.4. The normalized spacial score (nSPS) is 17.3. The molecule has 0 atom stereocenters. The van der Waals surface area contributed by atoms with Gasteiger partial charge in [0.15, 0.2) is 0 Å². The Kier molecular flexibility index (Phi) is 8.64. The molecule has 1 saturated carbocycles. The van der Waals surface area contributed by atoms with E-state index >= 15 is 0 Å². The van der Waals surface area contributed by atoms with Crippen molar-refractivity contribution in [1.82, 2.24) is 14.8 Å². The van der Waals surface area contributed by atoms with E-state index in [2.05, 4.69) is 36.1 Å². The molecule has 2 heterocycles. The van der Waals surface area contributed by atoms with Crippen molar-refractivity contribution in [2.45, 2.75) is 44.3 Å². The van der Waals surface area contributed by atoms with Gasteiger partial charge < -0.3 is 19.4 Å². The molecule has 8 heteroatoms. The largest absolute Gasteiger partial charge is 0.496 e. The van der Waals surface area contributed by atoms with E-state index < -0.39 is 0 Å². The van der Waals surface area contributed by atoms with Crippen LogP contribution >= 0.6 is 22.9 Å². The standard InChI is InChI=1S/C32H37ClN4O2S/c1-35(2)24-12-14-25(15-13-24)37(32(38)31-30(33)26-8-6-7-9-28(26)40-31)20-23-18-21(10-16-27(23)39-5)22-11-17-29(34-19-22)36(3)4/h6-11,16-19,24-25H,12-15,20H2,1-5H3. The molecule has 0 aliphatic heterocycles. The topological polar surface area (TPSA) is 48.9 Å². The van der Waals surface area contributed by atoms with Crippen LogP contribution in [-0.2, 0) is 6.54 Å². The SMILES string of the molecule is COc1ccc(-c2ccc(N(C)C)nc2)cc1CN(C(=O)c1sc2ccccc2c1Cl)C1CCC(N(C)C)CC1. The lowest BCUT2D eigenvalue weighted by atomic mass is 9.89. The highest BCUT2D eigenvalue weighted by Gasteiger charge is 2.33. The van der Waals surface area contributed by atoms with Crippen LogP contribution in [0.2, 0.25) is 5.02 Å². The molecule has 6 nitrogen and oxygen atoms in total. The van der Waals surface area contributed by atoms with Crippen molar-refractivity contribution in [2.24, 2.45) is 0 Å². The van der Waals surface area contributed by atoms with Crippen LogP contribution in [-0.4, -0.2) is 68.1 Å². The van der Waals surface area contributed by atoms with E-state index in [4.69, 9.17) is 16.3 Å². The smallest absolute Gasteiger partial charge is 0.266 e. The number of nitrogens with zero attached hydrogens (tertiary/aromatic N) is 4. The Bertz CT molecular complexity index is 1480. The zero-order chi connectivity index (χ0) is 28.4. The van der Waals surface area contributed by atoms with Crippen LogP contribution in [0.15, 0.2) is 60.8 Å². The number of thiophene rings is 1. The number of aromatic nitrogens is 1. The molecule has 2 aromatic heterocycles. The summed E-state index contributed by atoms with van der Waals surface area (Å²) in [6, 6.07) is 18.9. The van der Waals surface area contributed by atoms with Gasteiger partial charge in [-0.2, -0.15) is 0 Å². The maximum absolute atomic E-state index is 14.3. The predicted octanol–water partition coefficient (Wildman–Crippen LogP) is 7.21. The molecule has 1 aliphatic carbocycles. The first-order valence-electron chi connectivity index (χ1n) is 13.7. The lowest BCUT2D eigenvalue weighted by Crippen LogP contribution is -2.44. The second kappa shape index (κ2) is 12.2. The van der Waals surface area contributed by atoms with E-state index in [1.165, 1.54) is 11.3 Å². The van der Waals surface area contributed by atoms with Gasteiger partial charge in [-0.05, 0) is 75.7 Å². The molecule has 1 aliphatic rings. The molecule has 0 N–H and O–H groups in total. The molecule has 0 spiro atoms. The van der Waals surface area contributed by atoms with Crippen LogP contribution in [0.4, 0.5) is 5.82 Å². The lowest BCUT2D eigenvalue weighted by Gasteiger charge is -2.39. The van der Waals surface area contributed by atoms with E-state index in [9.17, 15) is 4.79 Å². The van der Waals surface area contributed by atoms with E-state index in [0.717, 1.165) is 64.0 Å². The number of benzene rings is 2. The number of anilines is 1. The summed E-state index contributed by atoms with van der Waals surface area (Å²) in [7, 11) is 9.92. The summed E-state index contributed by atoms with van der Waals surface area (Å²) in [5, 5.41) is 1.48. The van der Waals surface area contributed by atoms with Gasteiger partial charge in [0.25, 0.3) is 5.91 Å². The first-order valence-corrected chi connectivity index (χ1v) is 14.9. The number of carbonyl (C=O) groups excluding carboxylic acids is 1. The van der Waals surface area contributed by atoms with Gasteiger partial charge in [-0.25, -0.2) is 4.98 Å². The van der Waals surface area contributed by atoms with Crippen molar-refractivity contribution in [3.05, 3.63) is 76.3 Å². The first-order chi connectivity index (χ1) is 19.3. The first kappa shape index (κ1) is 28.4. The Morgan fingerprint density at radius 1 is 0.975 bits per heavy atom. The molecule has 210 valence electrons. The fourth-order valence-electron chi connectivity index (χ4n) is 5.62. The fourth-order valence-corrected chi connectivity index (χ4v) is 7.09. The highest BCUT2D eigenvalue weighted by atomic mass is 35.5. The molecule has 40 heavy (non-hydrogen) atoms. The molecule has 1 fully saturated rings. The number of rotatable bonds is 8. The van der Waals surface area contributed by atoms with E-state index in [0.29, 0.717) is 22.5 Å². The van der Waals surface area contributed by atoms with Gasteiger partial charge in [-0.15, -0.1) is 11.3 Å². The Morgan fingerprint density at radius 3 is 2.30 bits per heavy atom. The Balaban J connectivity index is 1.51. The summed E-state index contributed by atoms with van der Waals surface area (Å²) in [5.74, 6) is 1.66. The van der Waals surface area contributed by atoms with Gasteiger partial charge in [-0.3, -0.25) is 4.79 Å². The summed E-state index contributed by atoms with van der Waals surface area (Å²) in [5.41, 5.74) is 3.03. The number of hydrogen-bond acceptors (Lipinski definition) is 6. The highest BCUT2D eigenvalue weighted by Crippen LogP contribution is 2.38. The fraction of sp³-hybridized carbons (Fsp3) is 0.375. The van der Waals surface area contributed by atoms with Gasteiger partial charge >= 0.3 is 0 Å². The van der Waals surface area contributed by atoms with E-state index in [1.54, 1.807) is 7.11 Å². The number of hydrogen-bond donors (Lipinski definition) is 0. The quantitative estimate of drug-likeness (QED) is 0.222. The average Bonchev–Trinajstić information content (AvgIpc) is 3.31. The van der Waals surface area contributed by atoms with E-state index in [-0.39, 0.29) is 11.9 Å². The number of halogens is 1. The maximum Gasteiger partial charge on any atom is 0.266 e. The van der Waals surface area contributed by atoms with Crippen molar-refractivity contribution in [2.75, 3.05) is 40.2 Å². The van der Waals surface area contributed by atoms with Gasteiger partial charge in [0.2, 0.25) is 0 Å². The summed E-state index contributed by atoms with van der Waals surface area (Å²) in [6.07, 6.45) is 5.92. The van der Waals surface area contributed by atoms with Crippen LogP contribution in [0.25, 0.3) is 21.2 Å². The zero-order valence-electron chi connectivity index (χ0n) is 23.9. The van der Waals surface area contributed by atoms with E-state index in [1.807, 2.05) is 72.6 Å². The number of amides is 1. The molecule has 0 bridgehead atoms. The molecule has 0 radical (unpaired) electrons. The third-order valence-corrected chi connectivity index (χ3v) is 9.65. The molecule has 5 rings (SSSR count). The monoisotopic (exact) mass is 576 g/mol. The maximum atomic E-state index is 14.3. The Hall–Kier alpha value is -3.13. The number of carbonyl (C=O) groups is 1. The van der Waals surface area contributed by atoms with Crippen LogP contribution in [0.1, 0.15) is 40.9 Å². The van der Waals surface area contributed by atoms with Gasteiger partial charge in [0, 0.05) is 60.1 Å². The summed E-state index contributed by atoms with van der Waals surface area (Å²) < 4.78 is 6.82. The number of pyridine rings is 1. The summed E-state index contributed by atoms with van der Waals surface area (Å²) in [6.45, 7) is 0.445. The second-order valence-electron chi connectivity index (χ2n) is 10.9. The minimum absolute atomic E-state index is 0.0102. The van der Waals surface area contributed by atoms with Crippen LogP contribution in [0, 0.1) is 0 Å². The van der Waals surface area contributed by atoms with Crippen LogP contribution in [0.5, 0.6) is 5.75 Å². The highest BCUT2D eigenvalue weighted by molar-refractivity contribution is 7.21. The zero-order valence-corrected chi connectivity index (χ0v) is 25.4. The van der Waals surface area contributed by atoms with Crippen molar-refractivity contribution >= 4 is 44.7 Å². The number of ether oxygens (including phenoxy) is 1. The van der Waals surface area contributed by atoms with Gasteiger partial charge in [0.1, 0.15) is 16.4 Å². The summed E-state index contributed by atoms with van der Waals surface area (Å²) >= 11 is 8.30. The third-order valence-electron chi connectivity index (χ3n) is 7.99. The van der Waals surface area contributed by atoms with Crippen molar-refractivity contribution < 1.29 is 9.53 Å².